The van der Waals surface area contributed by atoms with E-state index in [0.29, 0.717) is 17.9 Å². The van der Waals surface area contributed by atoms with E-state index in [9.17, 15) is 9.90 Å². The number of hydrogen-bond donors (Lipinski definition) is 2. The zero-order chi connectivity index (χ0) is 23.8. The van der Waals surface area contributed by atoms with E-state index in [1.165, 1.54) is 14.2 Å². The topological polar surface area (TPSA) is 101 Å². The molecule has 0 aliphatic carbocycles. The van der Waals surface area contributed by atoms with Crippen LogP contribution in [0.15, 0.2) is 60.9 Å². The number of phenolic OH excluding ortho intramolecular Hbond substituents is 1. The van der Waals surface area contributed by atoms with Crippen LogP contribution in [0.4, 0.5) is 0 Å². The molecular formula is C26H24N4O4. The van der Waals surface area contributed by atoms with Crippen molar-refractivity contribution in [3.05, 3.63) is 88.9 Å². The van der Waals surface area contributed by atoms with E-state index in [1.54, 1.807) is 29.4 Å². The molecule has 0 spiro atoms. The number of aryl methyl sites for hydroxylation is 1. The molecule has 2 aromatic carbocycles. The molecule has 8 nitrogen and oxygen atoms in total. The zero-order valence-electron chi connectivity index (χ0n) is 19.1. The first kappa shape index (κ1) is 21.5. The largest absolute Gasteiger partial charge is 0.502 e. The average Bonchev–Trinajstić information content (AvgIpc) is 3.40. The van der Waals surface area contributed by atoms with Crippen LogP contribution < -0.4 is 9.47 Å². The van der Waals surface area contributed by atoms with E-state index >= 15 is 0 Å². The van der Waals surface area contributed by atoms with Crippen molar-refractivity contribution >= 4 is 5.91 Å². The van der Waals surface area contributed by atoms with Crippen molar-refractivity contribution in [3.63, 3.8) is 0 Å². The highest BCUT2D eigenvalue weighted by Crippen LogP contribution is 2.47. The van der Waals surface area contributed by atoms with Gasteiger partial charge in [0.2, 0.25) is 5.75 Å². The van der Waals surface area contributed by atoms with Gasteiger partial charge in [0.15, 0.2) is 11.5 Å². The fourth-order valence-corrected chi connectivity index (χ4v) is 4.40. The molecule has 1 amide bonds. The first-order valence-corrected chi connectivity index (χ1v) is 10.8. The molecule has 8 heteroatoms. The van der Waals surface area contributed by atoms with Crippen LogP contribution in [-0.4, -0.2) is 45.3 Å². The Morgan fingerprint density at radius 3 is 2.41 bits per heavy atom. The molecule has 172 valence electrons. The number of pyridine rings is 1. The van der Waals surface area contributed by atoms with Gasteiger partial charge in [-0.05, 0) is 36.2 Å². The SMILES string of the molecule is COc1cc(C2c3c(-c4ccc(C)cc4)n[nH]c3C(=O)N2Cc2cccnc2)cc(OC)c1O. The predicted octanol–water partition coefficient (Wildman–Crippen LogP) is 4.25. The van der Waals surface area contributed by atoms with Gasteiger partial charge in [0.1, 0.15) is 5.69 Å². The van der Waals surface area contributed by atoms with Gasteiger partial charge in [-0.15, -0.1) is 0 Å². The summed E-state index contributed by atoms with van der Waals surface area (Å²) in [5.41, 5.74) is 5.58. The van der Waals surface area contributed by atoms with E-state index in [2.05, 4.69) is 15.2 Å². The Kier molecular flexibility index (Phi) is 5.41. The van der Waals surface area contributed by atoms with Crippen LogP contribution >= 0.6 is 0 Å². The number of amides is 1. The first-order valence-electron chi connectivity index (χ1n) is 10.8. The standard InChI is InChI=1S/C26H24N4O4/c1-15-6-8-17(9-7-15)22-21-23(29-28-22)26(32)30(14-16-5-4-10-27-13-16)24(21)18-11-19(33-2)25(31)20(12-18)34-3/h4-13,24,31H,14H2,1-3H3,(H,28,29). The second kappa shape index (κ2) is 8.55. The summed E-state index contributed by atoms with van der Waals surface area (Å²) in [6, 6.07) is 14.8. The summed E-state index contributed by atoms with van der Waals surface area (Å²) < 4.78 is 10.8. The first-order chi connectivity index (χ1) is 16.5. The Bertz CT molecular complexity index is 1320. The maximum Gasteiger partial charge on any atom is 0.273 e. The molecule has 0 saturated carbocycles. The van der Waals surface area contributed by atoms with Gasteiger partial charge in [0, 0.05) is 30.1 Å². The molecule has 0 radical (unpaired) electrons. The van der Waals surface area contributed by atoms with Gasteiger partial charge >= 0.3 is 0 Å². The van der Waals surface area contributed by atoms with Crippen LogP contribution in [0.3, 0.4) is 0 Å². The number of benzene rings is 2. The van der Waals surface area contributed by atoms with Gasteiger partial charge in [-0.3, -0.25) is 14.9 Å². The lowest BCUT2D eigenvalue weighted by Gasteiger charge is -2.27. The van der Waals surface area contributed by atoms with Gasteiger partial charge in [-0.25, -0.2) is 0 Å². The Morgan fingerprint density at radius 2 is 1.79 bits per heavy atom. The van der Waals surface area contributed by atoms with Crippen LogP contribution in [0, 0.1) is 6.92 Å². The molecule has 1 unspecified atom stereocenters. The number of rotatable bonds is 6. The molecule has 0 fully saturated rings. The number of carbonyl (C=O) groups excluding carboxylic acids is 1. The zero-order valence-corrected chi connectivity index (χ0v) is 19.1. The quantitative estimate of drug-likeness (QED) is 0.450. The average molecular weight is 457 g/mol. The van der Waals surface area contributed by atoms with E-state index in [1.807, 2.05) is 43.3 Å². The number of aromatic hydroxyl groups is 1. The fraction of sp³-hybridized carbons (Fsp3) is 0.192. The lowest BCUT2D eigenvalue weighted by molar-refractivity contribution is 0.0729. The highest BCUT2D eigenvalue weighted by atomic mass is 16.5. The van der Waals surface area contributed by atoms with Crippen molar-refractivity contribution in [1.29, 1.82) is 0 Å². The summed E-state index contributed by atoms with van der Waals surface area (Å²) in [4.78, 5) is 19.5. The normalized spacial score (nSPS) is 14.9. The van der Waals surface area contributed by atoms with Gasteiger partial charge in [0.05, 0.1) is 26.0 Å². The number of methoxy groups -OCH3 is 2. The molecule has 5 rings (SSSR count). The third-order valence-electron chi connectivity index (χ3n) is 6.08. The van der Waals surface area contributed by atoms with Gasteiger partial charge in [-0.2, -0.15) is 5.10 Å². The van der Waals surface area contributed by atoms with Gasteiger partial charge in [-0.1, -0.05) is 35.9 Å². The van der Waals surface area contributed by atoms with Gasteiger partial charge < -0.3 is 19.5 Å². The Labute approximate surface area is 196 Å². The lowest BCUT2D eigenvalue weighted by Crippen LogP contribution is -2.29. The van der Waals surface area contributed by atoms with Crippen molar-refractivity contribution in [3.8, 4) is 28.5 Å². The highest BCUT2D eigenvalue weighted by Gasteiger charge is 2.42. The second-order valence-corrected chi connectivity index (χ2v) is 8.20. The Hall–Kier alpha value is -4.33. The molecule has 0 saturated heterocycles. The predicted molar refractivity (Wildman–Crippen MR) is 126 cm³/mol. The Morgan fingerprint density at radius 1 is 1.09 bits per heavy atom. The van der Waals surface area contributed by atoms with Crippen LogP contribution in [0.25, 0.3) is 11.3 Å². The van der Waals surface area contributed by atoms with Crippen LogP contribution in [0.5, 0.6) is 17.2 Å². The van der Waals surface area contributed by atoms with Crippen molar-refractivity contribution in [1.82, 2.24) is 20.1 Å². The lowest BCUT2D eigenvalue weighted by atomic mass is 9.95. The number of ether oxygens (including phenoxy) is 2. The number of H-pyrrole nitrogens is 1. The molecule has 0 bridgehead atoms. The van der Waals surface area contributed by atoms with Crippen LogP contribution in [0.1, 0.15) is 38.8 Å². The van der Waals surface area contributed by atoms with E-state index < -0.39 is 6.04 Å². The molecule has 4 aromatic rings. The minimum absolute atomic E-state index is 0.0944. The molecule has 2 aromatic heterocycles. The van der Waals surface area contributed by atoms with Gasteiger partial charge in [0.25, 0.3) is 5.91 Å². The number of nitrogens with zero attached hydrogens (tertiary/aromatic N) is 3. The van der Waals surface area contributed by atoms with Crippen LogP contribution in [-0.2, 0) is 6.54 Å². The van der Waals surface area contributed by atoms with E-state index in [0.717, 1.165) is 27.8 Å². The summed E-state index contributed by atoms with van der Waals surface area (Å²) >= 11 is 0. The number of fused-ring (bicyclic) bond motifs is 1. The van der Waals surface area contributed by atoms with Crippen molar-refractivity contribution in [2.75, 3.05) is 14.2 Å². The molecular weight excluding hydrogens is 432 g/mol. The Balaban J connectivity index is 1.70. The number of phenols is 1. The summed E-state index contributed by atoms with van der Waals surface area (Å²) in [5.74, 6) is 0.262. The number of aromatic amines is 1. The van der Waals surface area contributed by atoms with Crippen molar-refractivity contribution in [2.45, 2.75) is 19.5 Å². The number of hydrogen-bond acceptors (Lipinski definition) is 6. The minimum Gasteiger partial charge on any atom is -0.502 e. The highest BCUT2D eigenvalue weighted by molar-refractivity contribution is 6.00. The molecule has 1 aliphatic heterocycles. The molecule has 1 aliphatic rings. The van der Waals surface area contributed by atoms with Crippen LogP contribution in [0.2, 0.25) is 0 Å². The number of carbonyl (C=O) groups is 1. The summed E-state index contributed by atoms with van der Waals surface area (Å²) in [7, 11) is 2.96. The number of nitrogens with one attached hydrogen (secondary N) is 1. The summed E-state index contributed by atoms with van der Waals surface area (Å²) in [6.45, 7) is 2.37. The van der Waals surface area contributed by atoms with Crippen molar-refractivity contribution < 1.29 is 19.4 Å². The summed E-state index contributed by atoms with van der Waals surface area (Å²) in [5, 5.41) is 17.9. The third kappa shape index (κ3) is 3.53. The van der Waals surface area contributed by atoms with E-state index in [-0.39, 0.29) is 23.2 Å². The molecule has 34 heavy (non-hydrogen) atoms. The van der Waals surface area contributed by atoms with E-state index in [4.69, 9.17) is 9.47 Å². The fourth-order valence-electron chi connectivity index (χ4n) is 4.40. The molecule has 1 atom stereocenters. The summed E-state index contributed by atoms with van der Waals surface area (Å²) in [6.07, 6.45) is 3.44. The third-order valence-corrected chi connectivity index (χ3v) is 6.08. The monoisotopic (exact) mass is 456 g/mol. The second-order valence-electron chi connectivity index (χ2n) is 8.20. The number of aromatic nitrogens is 3. The van der Waals surface area contributed by atoms with Crippen molar-refractivity contribution in [2.24, 2.45) is 0 Å². The minimum atomic E-state index is -0.485. The smallest absolute Gasteiger partial charge is 0.273 e. The maximum absolute atomic E-state index is 13.6. The molecule has 3 heterocycles. The maximum atomic E-state index is 13.6. The molecule has 2 N–H and O–H groups in total.